The molecule has 0 spiro atoms. The number of hydroxylamine groups is 2. The third kappa shape index (κ3) is 7.43. The predicted octanol–water partition coefficient (Wildman–Crippen LogP) is 1.74. The molecule has 0 aliphatic carbocycles. The van der Waals surface area contributed by atoms with Crippen LogP contribution in [0.2, 0.25) is 0 Å². The average molecular weight is 473 g/mol. The monoisotopic (exact) mass is 473 g/mol. The summed E-state index contributed by atoms with van der Waals surface area (Å²) in [6, 6.07) is 0. The van der Waals surface area contributed by atoms with Crippen LogP contribution >= 0.6 is 0 Å². The van der Waals surface area contributed by atoms with E-state index >= 15 is 0 Å². The summed E-state index contributed by atoms with van der Waals surface area (Å²) in [5, 5.41) is 0.000530. The van der Waals surface area contributed by atoms with Crippen molar-refractivity contribution in [2.24, 2.45) is 23.7 Å². The van der Waals surface area contributed by atoms with Gasteiger partial charge in [-0.15, -0.1) is 0 Å². The summed E-state index contributed by atoms with van der Waals surface area (Å²) in [5.41, 5.74) is 0. The maximum atomic E-state index is 12.7. The van der Waals surface area contributed by atoms with E-state index in [-0.39, 0.29) is 5.06 Å². The summed E-state index contributed by atoms with van der Waals surface area (Å²) < 4.78 is 20.1. The first-order chi connectivity index (χ1) is 15.2. The van der Waals surface area contributed by atoms with Crippen molar-refractivity contribution in [3.8, 4) is 0 Å². The lowest BCUT2D eigenvalue weighted by Crippen LogP contribution is -2.39. The van der Waals surface area contributed by atoms with Gasteiger partial charge in [0.15, 0.2) is 0 Å². The van der Waals surface area contributed by atoms with Gasteiger partial charge in [-0.1, -0.05) is 60.5 Å². The lowest BCUT2D eigenvalue weighted by Gasteiger charge is -2.22. The van der Waals surface area contributed by atoms with E-state index in [1.54, 1.807) is 27.7 Å². The Morgan fingerprint density at radius 2 is 1.06 bits per heavy atom. The van der Waals surface area contributed by atoms with Gasteiger partial charge in [0, 0.05) is 5.92 Å². The Kier molecular flexibility index (Phi) is 9.80. The number of rotatable bonds is 9. The topological polar surface area (TPSA) is 152 Å². The number of hydrogen-bond acceptors (Lipinski definition) is 11. The highest BCUT2D eigenvalue weighted by atomic mass is 16.9. The highest BCUT2D eigenvalue weighted by Crippen LogP contribution is 2.24. The molecular weight excluding hydrogens is 442 g/mol. The predicted molar refractivity (Wildman–Crippen MR) is 108 cm³/mol. The number of amides is 2. The Morgan fingerprint density at radius 1 is 0.667 bits per heavy atom. The maximum absolute atomic E-state index is 12.7. The molecule has 0 aromatic rings. The van der Waals surface area contributed by atoms with E-state index in [2.05, 4.69) is 0 Å². The summed E-state index contributed by atoms with van der Waals surface area (Å²) in [4.78, 5) is 78.1. The van der Waals surface area contributed by atoms with E-state index in [1.807, 2.05) is 0 Å². The molecule has 0 saturated carbocycles. The van der Waals surface area contributed by atoms with Gasteiger partial charge in [-0.2, -0.15) is 0 Å². The van der Waals surface area contributed by atoms with Crippen molar-refractivity contribution in [1.82, 2.24) is 5.06 Å². The molecule has 2 amide bonds. The van der Waals surface area contributed by atoms with E-state index in [4.69, 9.17) is 23.8 Å². The van der Waals surface area contributed by atoms with E-state index in [9.17, 15) is 28.8 Å². The van der Waals surface area contributed by atoms with Gasteiger partial charge in [0.25, 0.3) is 6.29 Å². The average Bonchev–Trinajstić information content (AvgIpc) is 2.91. The molecule has 0 radical (unpaired) electrons. The summed E-state index contributed by atoms with van der Waals surface area (Å²) in [6.45, 7) is 12.3. The molecule has 33 heavy (non-hydrogen) atoms. The Hall–Kier alpha value is -3.18. The van der Waals surface area contributed by atoms with Gasteiger partial charge in [-0.25, -0.2) is 4.79 Å². The number of ether oxygens (including phenoxy) is 4. The van der Waals surface area contributed by atoms with Crippen LogP contribution in [-0.2, 0) is 47.8 Å². The van der Waals surface area contributed by atoms with Crippen LogP contribution in [0.5, 0.6) is 0 Å². The second-order valence-corrected chi connectivity index (χ2v) is 8.66. The van der Waals surface area contributed by atoms with Crippen LogP contribution in [-0.4, -0.2) is 59.4 Å². The molecule has 0 aromatic heterocycles. The summed E-state index contributed by atoms with van der Waals surface area (Å²) in [6.07, 6.45) is -6.58. The minimum absolute atomic E-state index is 0.000530. The second-order valence-electron chi connectivity index (χ2n) is 8.66. The molecule has 1 fully saturated rings. The van der Waals surface area contributed by atoms with Crippen LogP contribution in [0.15, 0.2) is 0 Å². The van der Waals surface area contributed by atoms with Gasteiger partial charge >= 0.3 is 35.9 Å². The maximum Gasteiger partial charge on any atom is 0.537 e. The normalized spacial score (nSPS) is 19.2. The number of imide groups is 1. The Bertz CT molecular complexity index is 747. The van der Waals surface area contributed by atoms with E-state index in [0.717, 1.165) is 0 Å². The lowest BCUT2D eigenvalue weighted by atomic mass is 10.2. The molecule has 0 aromatic carbocycles. The van der Waals surface area contributed by atoms with Crippen molar-refractivity contribution in [2.75, 3.05) is 0 Å². The third-order valence-electron chi connectivity index (χ3n) is 4.22. The molecule has 0 bridgehead atoms. The molecule has 12 nitrogen and oxygen atoms in total. The fourth-order valence-corrected chi connectivity index (χ4v) is 2.17. The van der Waals surface area contributed by atoms with Crippen LogP contribution in [0.4, 0.5) is 4.79 Å². The molecule has 1 saturated heterocycles. The van der Waals surface area contributed by atoms with Crippen LogP contribution in [0.1, 0.15) is 55.4 Å². The van der Waals surface area contributed by atoms with Crippen LogP contribution < -0.4 is 0 Å². The second kappa shape index (κ2) is 11.6. The fraction of sp³-hybridized carbons (Fsp3) is 0.714. The van der Waals surface area contributed by atoms with Gasteiger partial charge < -0.3 is 18.9 Å². The first-order valence-electron chi connectivity index (χ1n) is 10.5. The van der Waals surface area contributed by atoms with Gasteiger partial charge in [-0.3, -0.25) is 28.8 Å². The standard InChI is InChI=1S/C21H31NO11/c1-9(2)17(25)29-13-14(30-18(26)10(3)4)16(24)22(15(13)23)33-21(28)32-20(12(7)8)31-19(27)11(5)6/h9-14,20H,1-8H3/t13-,14-,20?/m0/s1. The minimum Gasteiger partial charge on any atom is -0.447 e. The first kappa shape index (κ1) is 27.9. The number of carbonyl (C=O) groups excluding carboxylic acids is 6. The quantitative estimate of drug-likeness (QED) is 0.208. The highest BCUT2D eigenvalue weighted by molar-refractivity contribution is 6.08. The summed E-state index contributed by atoms with van der Waals surface area (Å²) in [7, 11) is 0. The van der Waals surface area contributed by atoms with Gasteiger partial charge in [-0.05, 0) is 0 Å². The molecule has 1 unspecified atom stereocenters. The van der Waals surface area contributed by atoms with Crippen molar-refractivity contribution in [2.45, 2.75) is 73.9 Å². The van der Waals surface area contributed by atoms with Crippen molar-refractivity contribution in [3.63, 3.8) is 0 Å². The Balaban J connectivity index is 3.03. The molecular formula is C21H31NO11. The molecule has 186 valence electrons. The van der Waals surface area contributed by atoms with Crippen molar-refractivity contribution in [1.29, 1.82) is 0 Å². The number of carbonyl (C=O) groups is 6. The van der Waals surface area contributed by atoms with Gasteiger partial charge in [0.05, 0.1) is 17.8 Å². The van der Waals surface area contributed by atoms with Crippen molar-refractivity contribution in [3.05, 3.63) is 0 Å². The van der Waals surface area contributed by atoms with E-state index in [0.29, 0.717) is 0 Å². The van der Waals surface area contributed by atoms with E-state index < -0.39 is 78.0 Å². The smallest absolute Gasteiger partial charge is 0.447 e. The Morgan fingerprint density at radius 3 is 1.39 bits per heavy atom. The third-order valence-corrected chi connectivity index (χ3v) is 4.22. The lowest BCUT2D eigenvalue weighted by molar-refractivity contribution is -0.202. The fourth-order valence-electron chi connectivity index (χ4n) is 2.17. The summed E-state index contributed by atoms with van der Waals surface area (Å²) in [5.74, 6) is -7.09. The minimum atomic E-state index is -1.84. The zero-order valence-corrected chi connectivity index (χ0v) is 20.0. The molecule has 1 rings (SSSR count). The van der Waals surface area contributed by atoms with Crippen LogP contribution in [0.25, 0.3) is 0 Å². The van der Waals surface area contributed by atoms with Crippen molar-refractivity contribution >= 4 is 35.9 Å². The SMILES string of the molecule is CC(C)C(=O)OC(OC(=O)ON1C(=O)[C@@H](OC(=O)C(C)C)[C@H](OC(=O)C(C)C)C1=O)C(C)C. The number of esters is 3. The number of nitrogens with zero attached hydrogens (tertiary/aromatic N) is 1. The van der Waals surface area contributed by atoms with E-state index in [1.165, 1.54) is 27.7 Å². The first-order valence-corrected chi connectivity index (χ1v) is 10.5. The molecule has 3 atom stereocenters. The largest absolute Gasteiger partial charge is 0.537 e. The van der Waals surface area contributed by atoms with Crippen molar-refractivity contribution < 1.29 is 52.6 Å². The number of hydrogen-bond donors (Lipinski definition) is 0. The molecule has 0 N–H and O–H groups in total. The molecule has 1 aliphatic heterocycles. The Labute approximate surface area is 191 Å². The zero-order valence-electron chi connectivity index (χ0n) is 20.0. The highest BCUT2D eigenvalue weighted by Gasteiger charge is 2.55. The van der Waals surface area contributed by atoms with Gasteiger partial charge in [0.1, 0.15) is 0 Å². The summed E-state index contributed by atoms with van der Waals surface area (Å²) >= 11 is 0. The molecule has 1 heterocycles. The van der Waals surface area contributed by atoms with Crippen LogP contribution in [0.3, 0.4) is 0 Å². The van der Waals surface area contributed by atoms with Gasteiger partial charge in [0.2, 0.25) is 12.2 Å². The molecule has 1 aliphatic rings. The molecule has 12 heteroatoms. The zero-order chi connectivity index (χ0) is 25.6. The van der Waals surface area contributed by atoms with Crippen LogP contribution in [0, 0.1) is 23.7 Å².